The minimum absolute atomic E-state index is 0. The van der Waals surface area contributed by atoms with E-state index in [0.29, 0.717) is 61.1 Å². The van der Waals surface area contributed by atoms with Crippen LogP contribution in [0.1, 0.15) is 236 Å². The lowest BCUT2D eigenvalue weighted by Crippen LogP contribution is -2.40. The average molecular weight is 2000 g/mol. The molecule has 5 aliphatic rings. The van der Waals surface area contributed by atoms with Gasteiger partial charge in [0.05, 0.1) is 60.8 Å². The van der Waals surface area contributed by atoms with Crippen LogP contribution in [-0.2, 0) is 90.8 Å². The van der Waals surface area contributed by atoms with Gasteiger partial charge in [-0.05, 0) is 208 Å². The highest BCUT2D eigenvalue weighted by Crippen LogP contribution is 2.41. The smallest absolute Gasteiger partial charge is 0.414 e. The number of fused-ring (bicyclic) bond motifs is 4. The molecule has 0 aliphatic carbocycles. The summed E-state index contributed by atoms with van der Waals surface area (Å²) in [7, 11) is -7.09. The van der Waals surface area contributed by atoms with Crippen molar-refractivity contribution in [1.82, 2.24) is 30.0 Å². The van der Waals surface area contributed by atoms with Crippen molar-refractivity contribution in [2.75, 3.05) is 59.2 Å². The summed E-state index contributed by atoms with van der Waals surface area (Å²) in [6.45, 7) is 28.1. The second kappa shape index (κ2) is 50.3. The van der Waals surface area contributed by atoms with Crippen LogP contribution in [0, 0.1) is 18.6 Å². The fourth-order valence-corrected chi connectivity index (χ4v) is 19.6. The second-order valence-electron chi connectivity index (χ2n) is 35.8. The molecule has 38 heteroatoms. The molecular formula is C98H128Cl2F2N12O18S4. The number of carboxylic acid groups (broad SMARTS) is 1. The maximum absolute atomic E-state index is 15.7. The second-order valence-corrected chi connectivity index (χ2v) is 41.9. The van der Waals surface area contributed by atoms with Gasteiger partial charge >= 0.3 is 30.3 Å². The standard InChI is InChI=1S/C27H31ClFN3O6S2.C23H26ClFN4O2S2.C14H18N2O3.C14H20N2O2.C14H17NO4.C4H8O.2CH4/c1-18-14-20(37-5)9-8-19(18)17-32(25-30-10-13-39-25)40(35,36)24-15-21(28)23(16-22(24)29)31(11-6-7-12-33)26(34)38-27(2,3)4;24-18-13-22(33(30,31)29-23-27-11-12-32-23)19(25)14-21(18)26-10-6-2-1-3-9-20-17-8-5-4-7-16(17)15-28-20;1-14(2,3)19-13(18)16-8-9-6-4-5-7-10(9)11(16)12(15)17;1-14(2,3)18-13(17)16-9-10-6-4-5-7-11(10)12(16)8-15;1-14(2,3)19-13(18)15-8-9-6-4-5-7-10(9)11(15)12(16)17;1-2-4-5-3-1;;/h8-10,12-16H,6-7,11,17H2,1-5H3;4-5,7-8,11-14,20,26,28H,1-3,6,9-10,15H2,(H,27,29);4-7,11H,8H2,1-3H3,(H2,15,17);4-7,12H,8-9,15H2,1-3H3;4-7,11H,8H2,1-3H3,(H,16,17);1-4H2;2*1H4. The van der Waals surface area contributed by atoms with Gasteiger partial charge in [0.2, 0.25) is 5.91 Å². The number of nitrogens with two attached hydrogens (primary N) is 2. The Balaban J connectivity index is 0.000000236. The number of nitrogens with zero attached hydrogens (tertiary/aromatic N) is 7. The molecule has 5 amide bonds. The molecule has 14 rings (SSSR count). The molecule has 740 valence electrons. The molecule has 0 bridgehead atoms. The van der Waals surface area contributed by atoms with Gasteiger partial charge in [0.15, 0.2) is 16.3 Å². The number of nitrogens with one attached hydrogen (secondary N) is 3. The molecule has 7 aromatic carbocycles. The van der Waals surface area contributed by atoms with Gasteiger partial charge in [-0.1, -0.05) is 160 Å². The van der Waals surface area contributed by atoms with Crippen LogP contribution in [0.25, 0.3) is 0 Å². The molecule has 0 saturated carbocycles. The molecule has 7 heterocycles. The van der Waals surface area contributed by atoms with Crippen LogP contribution in [-0.4, -0.2) is 152 Å². The Morgan fingerprint density at radius 2 is 1.13 bits per heavy atom. The van der Waals surface area contributed by atoms with E-state index in [4.69, 9.17) is 63.1 Å². The maximum Gasteiger partial charge on any atom is 0.414 e. The number of halogens is 4. The van der Waals surface area contributed by atoms with Gasteiger partial charge in [-0.3, -0.25) is 29.1 Å². The molecule has 30 nitrogen and oxygen atoms in total. The first-order valence-electron chi connectivity index (χ1n) is 43.7. The highest BCUT2D eigenvalue weighted by atomic mass is 35.5. The summed E-state index contributed by atoms with van der Waals surface area (Å²) in [4.78, 5) is 95.4. The summed E-state index contributed by atoms with van der Waals surface area (Å²) in [5.41, 5.74) is 18.7. The van der Waals surface area contributed by atoms with Gasteiger partial charge in [-0.25, -0.2) is 63.9 Å². The summed E-state index contributed by atoms with van der Waals surface area (Å²) in [6, 6.07) is 39.1. The van der Waals surface area contributed by atoms with Gasteiger partial charge in [0, 0.05) is 81.1 Å². The Morgan fingerprint density at radius 1 is 0.625 bits per heavy atom. The van der Waals surface area contributed by atoms with Crippen LogP contribution in [0.15, 0.2) is 172 Å². The minimum atomic E-state index is -4.51. The van der Waals surface area contributed by atoms with E-state index < -0.39 is 106 Å². The van der Waals surface area contributed by atoms with E-state index in [-0.39, 0.29) is 85.5 Å². The Labute approximate surface area is 815 Å². The van der Waals surface area contributed by atoms with Crippen molar-refractivity contribution < 1.29 is 92.7 Å². The van der Waals surface area contributed by atoms with Crippen molar-refractivity contribution in [3.05, 3.63) is 240 Å². The number of anilines is 4. The number of carboxylic acids is 1. The lowest BCUT2D eigenvalue weighted by atomic mass is 10.00. The molecule has 0 spiro atoms. The first-order chi connectivity index (χ1) is 63.2. The maximum atomic E-state index is 15.7. The van der Waals surface area contributed by atoms with Crippen molar-refractivity contribution in [1.29, 1.82) is 0 Å². The summed E-state index contributed by atoms with van der Waals surface area (Å²) in [5, 5.41) is 19.5. The van der Waals surface area contributed by atoms with Crippen LogP contribution in [0.3, 0.4) is 0 Å². The molecule has 4 unspecified atom stereocenters. The first-order valence-corrected chi connectivity index (χ1v) is 49.1. The molecule has 0 radical (unpaired) electrons. The lowest BCUT2D eigenvalue weighted by molar-refractivity contribution is -0.143. The van der Waals surface area contributed by atoms with E-state index in [2.05, 4.69) is 49.6 Å². The third-order valence-electron chi connectivity index (χ3n) is 20.9. The zero-order valence-electron chi connectivity index (χ0n) is 77.7. The van der Waals surface area contributed by atoms with Gasteiger partial charge in [-0.2, -0.15) is 0 Å². The number of unbranched alkanes of at least 4 members (excludes halogenated alkanes) is 4. The topological polar surface area (TPSA) is 393 Å². The summed E-state index contributed by atoms with van der Waals surface area (Å²) in [5.74, 6) is -2.96. The molecule has 5 aliphatic heterocycles. The number of thiazole rings is 2. The van der Waals surface area contributed by atoms with Gasteiger partial charge < -0.3 is 60.4 Å². The van der Waals surface area contributed by atoms with E-state index in [1.54, 1.807) is 108 Å². The van der Waals surface area contributed by atoms with E-state index >= 15 is 4.39 Å². The Bertz CT molecular complexity index is 5660. The van der Waals surface area contributed by atoms with Gasteiger partial charge in [0.1, 0.15) is 61.9 Å². The van der Waals surface area contributed by atoms with Gasteiger partial charge in [-0.15, -0.1) is 22.7 Å². The number of amides is 5. The highest BCUT2D eigenvalue weighted by Gasteiger charge is 2.43. The number of methoxy groups -OCH3 is 1. The summed E-state index contributed by atoms with van der Waals surface area (Å²) in [6.07, 6.45) is 9.69. The van der Waals surface area contributed by atoms with E-state index in [0.717, 1.165) is 141 Å². The Kier molecular flexibility index (Phi) is 41.4. The molecule has 1 saturated heterocycles. The number of aldehydes is 1. The molecule has 9 aromatic rings. The number of primary amides is 1. The minimum Gasteiger partial charge on any atom is -0.497 e. The molecule has 8 N–H and O–H groups in total. The molecule has 136 heavy (non-hydrogen) atoms. The quantitative estimate of drug-likeness (QED) is 0.0176. The molecular weight excluding hydrogens is 1870 g/mol. The number of carbonyl (C=O) groups is 7. The predicted octanol–water partition coefficient (Wildman–Crippen LogP) is 21.3. The number of ether oxygens (including phenoxy) is 6. The number of aryl methyl sites for hydroxylation is 1. The van der Waals surface area contributed by atoms with Crippen molar-refractivity contribution in [2.45, 2.75) is 252 Å². The highest BCUT2D eigenvalue weighted by molar-refractivity contribution is 7.93. The fourth-order valence-electron chi connectivity index (χ4n) is 14.8. The van der Waals surface area contributed by atoms with Crippen molar-refractivity contribution in [3.63, 3.8) is 0 Å². The van der Waals surface area contributed by atoms with Crippen molar-refractivity contribution in [2.24, 2.45) is 11.5 Å². The van der Waals surface area contributed by atoms with Crippen molar-refractivity contribution >= 4 is 130 Å². The molecule has 2 aromatic heterocycles. The zero-order chi connectivity index (χ0) is 98.2. The normalized spacial score (nSPS) is 15.6. The van der Waals surface area contributed by atoms with Crippen LogP contribution in [0.5, 0.6) is 5.75 Å². The number of hydrogen-bond acceptors (Lipinski definition) is 24. The number of rotatable bonds is 25. The van der Waals surface area contributed by atoms with E-state index in [9.17, 15) is 59.9 Å². The number of aromatic nitrogens is 2. The third kappa shape index (κ3) is 31.7. The van der Waals surface area contributed by atoms with E-state index in [1.807, 2.05) is 88.4 Å². The van der Waals surface area contributed by atoms with Crippen LogP contribution in [0.4, 0.5) is 49.6 Å². The Hall–Kier alpha value is -11.1. The number of hydrogen-bond donors (Lipinski definition) is 6. The molecule has 4 atom stereocenters. The monoisotopic (exact) mass is 2000 g/mol. The molecule has 1 fully saturated rings. The van der Waals surface area contributed by atoms with Crippen LogP contribution >= 0.6 is 45.9 Å². The summed E-state index contributed by atoms with van der Waals surface area (Å²) >= 11 is 14.9. The van der Waals surface area contributed by atoms with Gasteiger partial charge in [0.25, 0.3) is 20.0 Å². The van der Waals surface area contributed by atoms with Crippen molar-refractivity contribution in [3.8, 4) is 5.75 Å². The third-order valence-corrected chi connectivity index (χ3v) is 26.4. The first kappa shape index (κ1) is 112. The van der Waals surface area contributed by atoms with Crippen LogP contribution < -0.4 is 40.8 Å². The number of aliphatic carboxylic acids is 1. The Morgan fingerprint density at radius 3 is 1.65 bits per heavy atom. The SMILES string of the molecule is C.C.C1CCOC1.CC(C)(C)OC(=O)N1Cc2ccccc2C1C(=O)O.CC(C)(C)OC(=O)N1Cc2ccccc2C1C(N)=O.CC(C)(C)OC(=O)N1Cc2ccccc2C1CN.COc1ccc(CN(c2nccs2)S(=O)(=O)c2cc(Cl)c(N(CCCC=O)C(=O)OC(C)(C)C)cc2F)c(C)c1.O=S(=O)(Nc1nccs1)c1cc(Cl)c(NCCCCCCC2NCc3ccccc32)cc1F. The predicted molar refractivity (Wildman–Crippen MR) is 528 cm³/mol. The van der Waals surface area contributed by atoms with Crippen LogP contribution in [0.2, 0.25) is 10.0 Å². The average Bonchev–Trinajstić information content (AvgIpc) is 1.27. The fraction of sp³-hybridized carbons (Fsp3) is 0.439. The van der Waals surface area contributed by atoms with E-state index in [1.165, 1.54) is 53.3 Å². The number of benzene rings is 7. The lowest BCUT2D eigenvalue weighted by Gasteiger charge is -2.28. The number of carbonyl (C=O) groups excluding carboxylic acids is 6. The number of sulfonamides is 2. The summed E-state index contributed by atoms with van der Waals surface area (Å²) < 4.78 is 118. The zero-order valence-corrected chi connectivity index (χ0v) is 82.5. The largest absolute Gasteiger partial charge is 0.497 e.